The fourth-order valence-corrected chi connectivity index (χ4v) is 2.76. The number of aromatic nitrogens is 2. The summed E-state index contributed by atoms with van der Waals surface area (Å²) in [6.07, 6.45) is 0. The molecule has 1 heterocycles. The fourth-order valence-electron chi connectivity index (χ4n) is 1.94. The van der Waals surface area contributed by atoms with Crippen molar-refractivity contribution < 1.29 is 0 Å². The Balaban J connectivity index is 2.00. The highest BCUT2D eigenvalue weighted by Gasteiger charge is 2.19. The van der Waals surface area contributed by atoms with Gasteiger partial charge in [0.2, 0.25) is 0 Å². The summed E-state index contributed by atoms with van der Waals surface area (Å²) >= 11 is 1.58. The molecule has 0 aliphatic carbocycles. The molecule has 3 N–H and O–H groups in total. The van der Waals surface area contributed by atoms with Gasteiger partial charge in [-0.05, 0) is 23.6 Å². The number of anilines is 1. The van der Waals surface area contributed by atoms with Crippen molar-refractivity contribution in [2.24, 2.45) is 10.7 Å². The SMILES string of the molecule is CC(C)c1cccc(NC(N)=NCc2nnc(C(C)(C)C)s2)c1. The van der Waals surface area contributed by atoms with E-state index in [9.17, 15) is 0 Å². The van der Waals surface area contributed by atoms with Gasteiger partial charge in [0.1, 0.15) is 10.0 Å². The second kappa shape index (κ2) is 7.08. The first-order chi connectivity index (χ1) is 10.8. The third kappa shape index (κ3) is 5.03. The minimum atomic E-state index is 0.0146. The van der Waals surface area contributed by atoms with E-state index in [4.69, 9.17) is 5.73 Å². The first kappa shape index (κ1) is 17.4. The zero-order valence-electron chi connectivity index (χ0n) is 14.4. The number of nitrogens with one attached hydrogen (secondary N) is 1. The van der Waals surface area contributed by atoms with Crippen molar-refractivity contribution in [3.8, 4) is 0 Å². The van der Waals surface area contributed by atoms with E-state index in [1.807, 2.05) is 12.1 Å². The largest absolute Gasteiger partial charge is 0.370 e. The molecule has 0 amide bonds. The van der Waals surface area contributed by atoms with Crippen LogP contribution in [0.3, 0.4) is 0 Å². The molecule has 0 bridgehead atoms. The topological polar surface area (TPSA) is 76.2 Å². The molecule has 2 rings (SSSR count). The molecule has 6 heteroatoms. The molecule has 0 saturated carbocycles. The lowest BCUT2D eigenvalue weighted by Crippen LogP contribution is -2.22. The number of nitrogens with zero attached hydrogens (tertiary/aromatic N) is 3. The molecule has 0 atom stereocenters. The smallest absolute Gasteiger partial charge is 0.193 e. The van der Waals surface area contributed by atoms with Crippen LogP contribution in [0.1, 0.15) is 56.1 Å². The predicted molar refractivity (Wildman–Crippen MR) is 98.1 cm³/mol. The van der Waals surface area contributed by atoms with Gasteiger partial charge in [0.25, 0.3) is 0 Å². The van der Waals surface area contributed by atoms with Crippen molar-refractivity contribution in [3.05, 3.63) is 39.8 Å². The normalized spacial score (nSPS) is 12.7. The van der Waals surface area contributed by atoms with Gasteiger partial charge in [-0.25, -0.2) is 4.99 Å². The van der Waals surface area contributed by atoms with Gasteiger partial charge >= 0.3 is 0 Å². The second-order valence-electron chi connectivity index (χ2n) is 6.86. The summed E-state index contributed by atoms with van der Waals surface area (Å²) in [5, 5.41) is 13.4. The van der Waals surface area contributed by atoms with Gasteiger partial charge < -0.3 is 11.1 Å². The Labute approximate surface area is 142 Å². The Bertz CT molecular complexity index is 682. The highest BCUT2D eigenvalue weighted by Crippen LogP contribution is 2.25. The zero-order valence-corrected chi connectivity index (χ0v) is 15.2. The number of aliphatic imine (C=N–C) groups is 1. The van der Waals surface area contributed by atoms with Crippen LogP contribution in [-0.2, 0) is 12.0 Å². The summed E-state index contributed by atoms with van der Waals surface area (Å²) < 4.78 is 0. The molecule has 0 aliphatic heterocycles. The highest BCUT2D eigenvalue weighted by molar-refractivity contribution is 7.11. The molecule has 0 spiro atoms. The van der Waals surface area contributed by atoms with E-state index in [1.165, 1.54) is 5.56 Å². The summed E-state index contributed by atoms with van der Waals surface area (Å²) in [7, 11) is 0. The molecule has 0 radical (unpaired) electrons. The number of rotatable bonds is 4. The van der Waals surface area contributed by atoms with E-state index in [2.05, 4.69) is 67.3 Å². The van der Waals surface area contributed by atoms with E-state index < -0.39 is 0 Å². The van der Waals surface area contributed by atoms with Crippen molar-refractivity contribution in [3.63, 3.8) is 0 Å². The van der Waals surface area contributed by atoms with Gasteiger partial charge in [-0.15, -0.1) is 10.2 Å². The maximum Gasteiger partial charge on any atom is 0.193 e. The van der Waals surface area contributed by atoms with Gasteiger partial charge in [-0.1, -0.05) is 58.1 Å². The maximum atomic E-state index is 5.97. The molecule has 124 valence electrons. The highest BCUT2D eigenvalue weighted by atomic mass is 32.1. The van der Waals surface area contributed by atoms with Crippen LogP contribution in [0.25, 0.3) is 0 Å². The number of benzene rings is 1. The molecule has 0 unspecified atom stereocenters. The molecule has 1 aromatic heterocycles. The van der Waals surface area contributed by atoms with E-state index in [0.717, 1.165) is 15.7 Å². The van der Waals surface area contributed by atoms with Gasteiger partial charge in [0.15, 0.2) is 5.96 Å². The first-order valence-corrected chi connectivity index (χ1v) is 8.57. The van der Waals surface area contributed by atoms with Crippen LogP contribution in [-0.4, -0.2) is 16.2 Å². The minimum Gasteiger partial charge on any atom is -0.370 e. The zero-order chi connectivity index (χ0) is 17.0. The lowest BCUT2D eigenvalue weighted by Gasteiger charge is -2.12. The Morgan fingerprint density at radius 3 is 2.65 bits per heavy atom. The number of guanidine groups is 1. The number of hydrogen-bond donors (Lipinski definition) is 2. The van der Waals surface area contributed by atoms with Crippen molar-refractivity contribution in [2.75, 3.05) is 5.32 Å². The molecule has 0 saturated heterocycles. The van der Waals surface area contributed by atoms with Crippen LogP contribution >= 0.6 is 11.3 Å². The monoisotopic (exact) mass is 331 g/mol. The van der Waals surface area contributed by atoms with Gasteiger partial charge in [0, 0.05) is 11.1 Å². The van der Waals surface area contributed by atoms with Crippen molar-refractivity contribution in [2.45, 2.75) is 52.5 Å². The van der Waals surface area contributed by atoms with E-state index in [0.29, 0.717) is 18.4 Å². The molecule has 0 aliphatic rings. The van der Waals surface area contributed by atoms with Gasteiger partial charge in [-0.2, -0.15) is 0 Å². The van der Waals surface area contributed by atoms with Crippen molar-refractivity contribution >= 4 is 23.0 Å². The summed E-state index contributed by atoms with van der Waals surface area (Å²) in [5.74, 6) is 0.866. The predicted octanol–water partition coefficient (Wildman–Crippen LogP) is 3.89. The summed E-state index contributed by atoms with van der Waals surface area (Å²) in [6.45, 7) is 11.1. The van der Waals surface area contributed by atoms with Crippen LogP contribution < -0.4 is 11.1 Å². The molecular weight excluding hydrogens is 306 g/mol. The first-order valence-electron chi connectivity index (χ1n) is 7.75. The second-order valence-corrected chi connectivity index (χ2v) is 7.92. The molecule has 1 aromatic carbocycles. The van der Waals surface area contributed by atoms with Crippen LogP contribution in [0.4, 0.5) is 5.69 Å². The average Bonchev–Trinajstić information content (AvgIpc) is 2.94. The average molecular weight is 331 g/mol. The summed E-state index contributed by atoms with van der Waals surface area (Å²) in [5.41, 5.74) is 8.20. The van der Waals surface area contributed by atoms with Gasteiger partial charge in [0.05, 0.1) is 6.54 Å². The van der Waals surface area contributed by atoms with E-state index in [-0.39, 0.29) is 5.41 Å². The molecule has 0 fully saturated rings. The van der Waals surface area contributed by atoms with Crippen LogP contribution in [0.2, 0.25) is 0 Å². The maximum absolute atomic E-state index is 5.97. The van der Waals surface area contributed by atoms with Crippen molar-refractivity contribution in [1.82, 2.24) is 10.2 Å². The third-order valence-electron chi connectivity index (χ3n) is 3.32. The van der Waals surface area contributed by atoms with Crippen LogP contribution in [0.5, 0.6) is 0 Å². The Hall–Kier alpha value is -1.95. The van der Waals surface area contributed by atoms with Crippen LogP contribution in [0.15, 0.2) is 29.3 Å². The Morgan fingerprint density at radius 1 is 1.30 bits per heavy atom. The van der Waals surface area contributed by atoms with Crippen LogP contribution in [0, 0.1) is 0 Å². The molecule has 2 aromatic rings. The Morgan fingerprint density at radius 2 is 2.04 bits per heavy atom. The summed E-state index contributed by atoms with van der Waals surface area (Å²) in [6, 6.07) is 8.20. The van der Waals surface area contributed by atoms with E-state index >= 15 is 0 Å². The lowest BCUT2D eigenvalue weighted by atomic mass is 9.98. The minimum absolute atomic E-state index is 0.0146. The molecule has 5 nitrogen and oxygen atoms in total. The Kier molecular flexibility index (Phi) is 5.36. The molecule has 23 heavy (non-hydrogen) atoms. The number of hydrogen-bond acceptors (Lipinski definition) is 4. The fraction of sp³-hybridized carbons (Fsp3) is 0.471. The quantitative estimate of drug-likeness (QED) is 0.658. The van der Waals surface area contributed by atoms with Gasteiger partial charge in [-0.3, -0.25) is 0 Å². The lowest BCUT2D eigenvalue weighted by molar-refractivity contribution is 0.577. The standard InChI is InChI=1S/C17H25N5S/c1-11(2)12-7-6-8-13(9-12)20-16(18)19-10-14-21-22-15(23-14)17(3,4)5/h6-9,11H,10H2,1-5H3,(H3,18,19,20). The molecular formula is C17H25N5S. The van der Waals surface area contributed by atoms with E-state index in [1.54, 1.807) is 11.3 Å². The van der Waals surface area contributed by atoms with Crippen molar-refractivity contribution in [1.29, 1.82) is 0 Å². The number of nitrogens with two attached hydrogens (primary N) is 1. The summed E-state index contributed by atoms with van der Waals surface area (Å²) in [4.78, 5) is 4.35. The third-order valence-corrected chi connectivity index (χ3v) is 4.65.